The smallest absolute Gasteiger partial charge is 0.330 e. The van der Waals surface area contributed by atoms with Gasteiger partial charge in [-0.3, -0.25) is 4.79 Å². The highest BCUT2D eigenvalue weighted by molar-refractivity contribution is 7.90. The molecule has 94 valence electrons. The molecule has 0 aliphatic rings. The van der Waals surface area contributed by atoms with E-state index >= 15 is 0 Å². The van der Waals surface area contributed by atoms with Crippen LogP contribution in [0.5, 0.6) is 5.75 Å². The predicted molar refractivity (Wildman–Crippen MR) is 61.1 cm³/mol. The maximum atomic E-state index is 11.5. The number of carboxylic acid groups (broad SMARTS) is 1. The summed E-state index contributed by atoms with van der Waals surface area (Å²) in [6, 6.07) is 5.96. The van der Waals surface area contributed by atoms with E-state index in [1.165, 1.54) is 25.3 Å². The molecule has 0 radical (unpaired) electrons. The summed E-state index contributed by atoms with van der Waals surface area (Å²) in [4.78, 5) is 11.2. The van der Waals surface area contributed by atoms with E-state index in [-0.39, 0.29) is 11.3 Å². The lowest BCUT2D eigenvalue weighted by molar-refractivity contribution is -0.139. The standard InChI is InChI=1S/C10H13NO5S/c1-10(9(12)13,17(11,14)15)7-5-3-4-6-8(7)16-2/h3-6H,1-2H3,(H,12,13)(H2,11,14,15). The van der Waals surface area contributed by atoms with Crippen LogP contribution in [0.15, 0.2) is 24.3 Å². The Hall–Kier alpha value is -1.60. The molecule has 0 aliphatic heterocycles. The van der Waals surface area contributed by atoms with Gasteiger partial charge in [0.1, 0.15) is 5.75 Å². The van der Waals surface area contributed by atoms with Crippen LogP contribution in [-0.2, 0) is 19.6 Å². The Labute approximate surface area is 99.1 Å². The van der Waals surface area contributed by atoms with Crippen molar-refractivity contribution in [2.75, 3.05) is 7.11 Å². The summed E-state index contributed by atoms with van der Waals surface area (Å²) < 4.78 is 25.7. The maximum absolute atomic E-state index is 11.5. The second-order valence-electron chi connectivity index (χ2n) is 3.58. The number of para-hydroxylation sites is 1. The third-order valence-electron chi connectivity index (χ3n) is 2.60. The van der Waals surface area contributed by atoms with Crippen molar-refractivity contribution >= 4 is 16.0 Å². The van der Waals surface area contributed by atoms with Crippen LogP contribution in [0.1, 0.15) is 12.5 Å². The molecule has 0 fully saturated rings. The van der Waals surface area contributed by atoms with Crippen LogP contribution in [0.3, 0.4) is 0 Å². The van der Waals surface area contributed by atoms with Gasteiger partial charge in [0.2, 0.25) is 14.8 Å². The van der Waals surface area contributed by atoms with Crippen LogP contribution in [0.2, 0.25) is 0 Å². The molecule has 0 aromatic heterocycles. The molecule has 0 spiro atoms. The summed E-state index contributed by atoms with van der Waals surface area (Å²) in [7, 11) is -3.01. The minimum atomic E-state index is -4.33. The molecule has 6 nitrogen and oxygen atoms in total. The van der Waals surface area contributed by atoms with Gasteiger partial charge in [-0.1, -0.05) is 18.2 Å². The Morgan fingerprint density at radius 2 is 1.94 bits per heavy atom. The number of benzene rings is 1. The van der Waals surface area contributed by atoms with Crippen molar-refractivity contribution in [3.05, 3.63) is 29.8 Å². The lowest BCUT2D eigenvalue weighted by Gasteiger charge is -2.24. The number of rotatable bonds is 4. The molecule has 0 bridgehead atoms. The van der Waals surface area contributed by atoms with Gasteiger partial charge in [-0.15, -0.1) is 0 Å². The number of methoxy groups -OCH3 is 1. The van der Waals surface area contributed by atoms with Crippen LogP contribution >= 0.6 is 0 Å². The minimum Gasteiger partial charge on any atom is -0.496 e. The van der Waals surface area contributed by atoms with Crippen LogP contribution < -0.4 is 9.88 Å². The van der Waals surface area contributed by atoms with Crippen molar-refractivity contribution in [1.82, 2.24) is 0 Å². The number of primary sulfonamides is 1. The zero-order chi connectivity index (χ0) is 13.3. The highest BCUT2D eigenvalue weighted by Gasteiger charge is 2.48. The first-order chi connectivity index (χ1) is 7.75. The normalized spacial score (nSPS) is 15.0. The second-order valence-corrected chi connectivity index (χ2v) is 5.49. The highest BCUT2D eigenvalue weighted by atomic mass is 32.2. The summed E-state index contributed by atoms with van der Waals surface area (Å²) in [6.07, 6.45) is 0. The SMILES string of the molecule is COc1ccccc1C(C)(C(=O)O)S(N)(=O)=O. The molecule has 1 aromatic rings. The van der Waals surface area contributed by atoms with Crippen LogP contribution in [0, 0.1) is 0 Å². The number of hydrogen-bond acceptors (Lipinski definition) is 4. The van der Waals surface area contributed by atoms with Crippen molar-refractivity contribution in [1.29, 1.82) is 0 Å². The van der Waals surface area contributed by atoms with Gasteiger partial charge in [0.25, 0.3) is 0 Å². The fourth-order valence-corrected chi connectivity index (χ4v) is 2.15. The van der Waals surface area contributed by atoms with Crippen LogP contribution in [0.25, 0.3) is 0 Å². The molecule has 3 N–H and O–H groups in total. The number of nitrogens with two attached hydrogens (primary N) is 1. The largest absolute Gasteiger partial charge is 0.496 e. The third kappa shape index (κ3) is 2.11. The molecule has 0 heterocycles. The first kappa shape index (κ1) is 13.5. The zero-order valence-corrected chi connectivity index (χ0v) is 10.2. The van der Waals surface area contributed by atoms with Crippen molar-refractivity contribution < 1.29 is 23.1 Å². The number of carboxylic acids is 1. The molecular formula is C10H13NO5S. The second kappa shape index (κ2) is 4.34. The Kier molecular flexibility index (Phi) is 3.44. The molecule has 0 aliphatic carbocycles. The molecule has 1 aromatic carbocycles. The number of hydrogen-bond donors (Lipinski definition) is 2. The quantitative estimate of drug-likeness (QED) is 0.807. The molecule has 7 heteroatoms. The van der Waals surface area contributed by atoms with E-state index in [2.05, 4.69) is 0 Å². The lowest BCUT2D eigenvalue weighted by atomic mass is 9.99. The molecule has 0 saturated heterocycles. The molecule has 0 amide bonds. The zero-order valence-electron chi connectivity index (χ0n) is 9.38. The molecule has 0 saturated carbocycles. The van der Waals surface area contributed by atoms with Crippen molar-refractivity contribution in [3.8, 4) is 5.75 Å². The first-order valence-electron chi connectivity index (χ1n) is 4.64. The molecule has 17 heavy (non-hydrogen) atoms. The Bertz CT molecular complexity index is 539. The van der Waals surface area contributed by atoms with Gasteiger partial charge in [0.05, 0.1) is 7.11 Å². The van der Waals surface area contributed by atoms with Gasteiger partial charge in [-0.05, 0) is 13.0 Å². The average molecular weight is 259 g/mol. The lowest BCUT2D eigenvalue weighted by Crippen LogP contribution is -2.45. The maximum Gasteiger partial charge on any atom is 0.330 e. The van der Waals surface area contributed by atoms with E-state index in [1.807, 2.05) is 0 Å². The van der Waals surface area contributed by atoms with Gasteiger partial charge in [-0.25, -0.2) is 13.6 Å². The number of aliphatic carboxylic acids is 1. The summed E-state index contributed by atoms with van der Waals surface area (Å²) in [6.45, 7) is 1.03. The van der Waals surface area contributed by atoms with Gasteiger partial charge in [-0.2, -0.15) is 0 Å². The van der Waals surface area contributed by atoms with E-state index in [1.54, 1.807) is 6.07 Å². The topological polar surface area (TPSA) is 107 Å². The summed E-state index contributed by atoms with van der Waals surface area (Å²) in [5.41, 5.74) is -0.00231. The van der Waals surface area contributed by atoms with E-state index in [9.17, 15) is 13.2 Å². The summed E-state index contributed by atoms with van der Waals surface area (Å²) >= 11 is 0. The molecule has 1 unspecified atom stereocenters. The van der Waals surface area contributed by atoms with E-state index < -0.39 is 20.7 Å². The fraction of sp³-hybridized carbons (Fsp3) is 0.300. The van der Waals surface area contributed by atoms with Gasteiger partial charge in [0, 0.05) is 5.56 Å². The monoisotopic (exact) mass is 259 g/mol. The van der Waals surface area contributed by atoms with Gasteiger partial charge in [0.15, 0.2) is 0 Å². The van der Waals surface area contributed by atoms with E-state index in [0.29, 0.717) is 0 Å². The molecule has 1 atom stereocenters. The minimum absolute atomic E-state index is 0.00231. The first-order valence-corrected chi connectivity index (χ1v) is 6.19. The van der Waals surface area contributed by atoms with E-state index in [0.717, 1.165) is 6.92 Å². The molecular weight excluding hydrogens is 246 g/mol. The van der Waals surface area contributed by atoms with Crippen molar-refractivity contribution in [2.45, 2.75) is 11.7 Å². The van der Waals surface area contributed by atoms with Crippen molar-refractivity contribution in [3.63, 3.8) is 0 Å². The molecule has 1 rings (SSSR count). The number of carbonyl (C=O) groups is 1. The average Bonchev–Trinajstić information content (AvgIpc) is 2.26. The summed E-state index contributed by atoms with van der Waals surface area (Å²) in [5, 5.41) is 14.1. The van der Waals surface area contributed by atoms with Crippen molar-refractivity contribution in [2.24, 2.45) is 5.14 Å². The van der Waals surface area contributed by atoms with Crippen LogP contribution in [-0.4, -0.2) is 26.6 Å². The highest BCUT2D eigenvalue weighted by Crippen LogP contribution is 2.35. The van der Waals surface area contributed by atoms with E-state index in [4.69, 9.17) is 15.0 Å². The predicted octanol–water partition coefficient (Wildman–Crippen LogP) is 0.284. The third-order valence-corrected chi connectivity index (χ3v) is 4.13. The Balaban J connectivity index is 3.61. The van der Waals surface area contributed by atoms with Gasteiger partial charge >= 0.3 is 5.97 Å². The Morgan fingerprint density at radius 3 is 2.35 bits per heavy atom. The summed E-state index contributed by atoms with van der Waals surface area (Å²) in [5.74, 6) is -1.39. The van der Waals surface area contributed by atoms with Crippen LogP contribution in [0.4, 0.5) is 0 Å². The number of ether oxygens (including phenoxy) is 1. The fourth-order valence-electron chi connectivity index (χ4n) is 1.43. The van der Waals surface area contributed by atoms with Gasteiger partial charge < -0.3 is 9.84 Å². The number of sulfonamides is 1. The Morgan fingerprint density at radius 1 is 1.41 bits per heavy atom.